The zero-order chi connectivity index (χ0) is 17.5. The summed E-state index contributed by atoms with van der Waals surface area (Å²) in [6.45, 7) is 1.18. The smallest absolute Gasteiger partial charge is 0.254 e. The number of halogens is 1. The van der Waals surface area contributed by atoms with Crippen LogP contribution in [-0.4, -0.2) is 22.2 Å². The van der Waals surface area contributed by atoms with Crippen LogP contribution in [-0.2, 0) is 13.0 Å². The Morgan fingerprint density at radius 2 is 1.84 bits per heavy atom. The molecule has 0 saturated carbocycles. The van der Waals surface area contributed by atoms with E-state index in [9.17, 15) is 4.79 Å². The van der Waals surface area contributed by atoms with E-state index in [1.165, 1.54) is 5.56 Å². The van der Waals surface area contributed by atoms with Gasteiger partial charge in [-0.05, 0) is 30.0 Å². The number of carbonyl (C=O) groups excluding carboxylic acids is 1. The Hall–Kier alpha value is -2.59. The van der Waals surface area contributed by atoms with Gasteiger partial charge in [-0.15, -0.1) is 0 Å². The third-order valence-electron chi connectivity index (χ3n) is 3.96. The largest absolute Gasteiger partial charge is 0.352 e. The summed E-state index contributed by atoms with van der Waals surface area (Å²) in [5.74, 6) is -0.0986. The lowest BCUT2D eigenvalue weighted by atomic mass is 10.1. The van der Waals surface area contributed by atoms with Gasteiger partial charge in [-0.25, -0.2) is 0 Å². The second kappa shape index (κ2) is 8.49. The molecule has 3 aromatic rings. The van der Waals surface area contributed by atoms with Gasteiger partial charge in [-0.3, -0.25) is 9.48 Å². The van der Waals surface area contributed by atoms with E-state index in [0.29, 0.717) is 23.7 Å². The standard InChI is InChI=1S/C20H20ClN3O/c21-19-11-5-4-10-17(19)14-24-15-18(13-23-24)20(25)22-12-6-9-16-7-2-1-3-8-16/h1-5,7-8,10-11,13,15H,6,9,12,14H2,(H,22,25). The van der Waals surface area contributed by atoms with E-state index in [0.717, 1.165) is 18.4 Å². The van der Waals surface area contributed by atoms with Crippen molar-refractivity contribution in [3.8, 4) is 0 Å². The van der Waals surface area contributed by atoms with E-state index in [1.807, 2.05) is 42.5 Å². The predicted octanol–water partition coefficient (Wildman–Crippen LogP) is 3.95. The van der Waals surface area contributed by atoms with Crippen LogP contribution in [0.3, 0.4) is 0 Å². The van der Waals surface area contributed by atoms with Crippen LogP contribution in [0.2, 0.25) is 5.02 Å². The second-order valence-electron chi connectivity index (χ2n) is 5.86. The molecule has 4 nitrogen and oxygen atoms in total. The van der Waals surface area contributed by atoms with E-state index in [4.69, 9.17) is 11.6 Å². The number of rotatable bonds is 7. The minimum absolute atomic E-state index is 0.0986. The molecule has 0 aliphatic heterocycles. The Kier molecular flexibility index (Phi) is 5.86. The Labute approximate surface area is 152 Å². The van der Waals surface area contributed by atoms with Crippen molar-refractivity contribution < 1.29 is 4.79 Å². The molecule has 0 radical (unpaired) electrons. The Bertz CT molecular complexity index is 830. The maximum absolute atomic E-state index is 12.2. The first-order valence-electron chi connectivity index (χ1n) is 8.30. The molecule has 1 N–H and O–H groups in total. The fourth-order valence-corrected chi connectivity index (χ4v) is 2.81. The highest BCUT2D eigenvalue weighted by atomic mass is 35.5. The zero-order valence-electron chi connectivity index (χ0n) is 13.9. The van der Waals surface area contributed by atoms with Gasteiger partial charge in [0.15, 0.2) is 0 Å². The maximum Gasteiger partial charge on any atom is 0.254 e. The highest BCUT2D eigenvalue weighted by molar-refractivity contribution is 6.31. The zero-order valence-corrected chi connectivity index (χ0v) is 14.6. The second-order valence-corrected chi connectivity index (χ2v) is 6.27. The van der Waals surface area contributed by atoms with Crippen LogP contribution in [0.25, 0.3) is 0 Å². The summed E-state index contributed by atoms with van der Waals surface area (Å²) in [6.07, 6.45) is 5.19. The summed E-state index contributed by atoms with van der Waals surface area (Å²) in [7, 11) is 0. The molecule has 1 amide bonds. The monoisotopic (exact) mass is 353 g/mol. The van der Waals surface area contributed by atoms with Crippen molar-refractivity contribution in [1.29, 1.82) is 0 Å². The lowest BCUT2D eigenvalue weighted by Crippen LogP contribution is -2.24. The molecule has 5 heteroatoms. The van der Waals surface area contributed by atoms with Gasteiger partial charge in [0.25, 0.3) is 5.91 Å². The van der Waals surface area contributed by atoms with Gasteiger partial charge in [0.1, 0.15) is 0 Å². The van der Waals surface area contributed by atoms with Crippen LogP contribution in [0.1, 0.15) is 27.9 Å². The highest BCUT2D eigenvalue weighted by Gasteiger charge is 2.09. The number of benzene rings is 2. The van der Waals surface area contributed by atoms with Crippen molar-refractivity contribution >= 4 is 17.5 Å². The van der Waals surface area contributed by atoms with Crippen molar-refractivity contribution in [3.05, 3.63) is 88.7 Å². The molecule has 3 rings (SSSR count). The molecule has 0 atom stereocenters. The average molecular weight is 354 g/mol. The predicted molar refractivity (Wildman–Crippen MR) is 99.9 cm³/mol. The molecule has 0 saturated heterocycles. The van der Waals surface area contributed by atoms with E-state index < -0.39 is 0 Å². The van der Waals surface area contributed by atoms with Crippen molar-refractivity contribution in [1.82, 2.24) is 15.1 Å². The number of hydrogen-bond acceptors (Lipinski definition) is 2. The van der Waals surface area contributed by atoms with Crippen LogP contribution in [0, 0.1) is 0 Å². The average Bonchev–Trinajstić information content (AvgIpc) is 3.10. The summed E-state index contributed by atoms with van der Waals surface area (Å²) in [5, 5.41) is 7.89. The maximum atomic E-state index is 12.2. The molecule has 0 unspecified atom stereocenters. The van der Waals surface area contributed by atoms with Gasteiger partial charge in [-0.1, -0.05) is 60.1 Å². The lowest BCUT2D eigenvalue weighted by molar-refractivity contribution is 0.0953. The van der Waals surface area contributed by atoms with Crippen LogP contribution in [0.4, 0.5) is 0 Å². The molecule has 0 aliphatic carbocycles. The lowest BCUT2D eigenvalue weighted by Gasteiger charge is -2.05. The van der Waals surface area contributed by atoms with Crippen LogP contribution < -0.4 is 5.32 Å². The number of amides is 1. The number of hydrogen-bond donors (Lipinski definition) is 1. The van der Waals surface area contributed by atoms with E-state index in [-0.39, 0.29) is 5.91 Å². The molecule has 128 valence electrons. The van der Waals surface area contributed by atoms with E-state index >= 15 is 0 Å². The third kappa shape index (κ3) is 4.94. The van der Waals surface area contributed by atoms with Crippen molar-refractivity contribution in [2.75, 3.05) is 6.54 Å². The van der Waals surface area contributed by atoms with Crippen molar-refractivity contribution in [3.63, 3.8) is 0 Å². The molecule has 0 spiro atoms. The van der Waals surface area contributed by atoms with E-state index in [1.54, 1.807) is 17.1 Å². The third-order valence-corrected chi connectivity index (χ3v) is 4.32. The van der Waals surface area contributed by atoms with Gasteiger partial charge < -0.3 is 5.32 Å². The van der Waals surface area contributed by atoms with Gasteiger partial charge >= 0.3 is 0 Å². The van der Waals surface area contributed by atoms with Gasteiger partial charge in [0.2, 0.25) is 0 Å². The molecule has 1 aromatic heterocycles. The molecule has 2 aromatic carbocycles. The highest BCUT2D eigenvalue weighted by Crippen LogP contribution is 2.16. The molecule has 0 fully saturated rings. The van der Waals surface area contributed by atoms with Crippen LogP contribution in [0.5, 0.6) is 0 Å². The van der Waals surface area contributed by atoms with Crippen LogP contribution in [0.15, 0.2) is 67.0 Å². The normalized spacial score (nSPS) is 10.6. The molecular formula is C20H20ClN3O. The minimum atomic E-state index is -0.0986. The number of carbonyl (C=O) groups is 1. The topological polar surface area (TPSA) is 46.9 Å². The SMILES string of the molecule is O=C(NCCCc1ccccc1)c1cnn(Cc2ccccc2Cl)c1. The number of nitrogens with one attached hydrogen (secondary N) is 1. The molecule has 1 heterocycles. The fraction of sp³-hybridized carbons (Fsp3) is 0.200. The fourth-order valence-electron chi connectivity index (χ4n) is 2.61. The minimum Gasteiger partial charge on any atom is -0.352 e. The van der Waals surface area contributed by atoms with E-state index in [2.05, 4.69) is 22.5 Å². The molecule has 25 heavy (non-hydrogen) atoms. The Balaban J connectivity index is 1.48. The first kappa shape index (κ1) is 17.2. The molecule has 0 aliphatic rings. The number of nitrogens with zero attached hydrogens (tertiary/aromatic N) is 2. The van der Waals surface area contributed by atoms with Gasteiger partial charge in [-0.2, -0.15) is 5.10 Å². The van der Waals surface area contributed by atoms with Crippen LogP contribution >= 0.6 is 11.6 Å². The Morgan fingerprint density at radius 1 is 1.08 bits per heavy atom. The van der Waals surface area contributed by atoms with Crippen molar-refractivity contribution in [2.45, 2.75) is 19.4 Å². The number of aryl methyl sites for hydroxylation is 1. The summed E-state index contributed by atoms with van der Waals surface area (Å²) in [6, 6.07) is 17.9. The van der Waals surface area contributed by atoms with Crippen molar-refractivity contribution in [2.24, 2.45) is 0 Å². The molecule has 0 bridgehead atoms. The first-order valence-corrected chi connectivity index (χ1v) is 8.68. The number of aromatic nitrogens is 2. The summed E-state index contributed by atoms with van der Waals surface area (Å²) in [5.41, 5.74) is 2.82. The quantitative estimate of drug-likeness (QED) is 0.654. The Morgan fingerprint density at radius 3 is 2.64 bits per heavy atom. The summed E-state index contributed by atoms with van der Waals surface area (Å²) in [4.78, 5) is 12.2. The first-order chi connectivity index (χ1) is 12.2. The van der Waals surface area contributed by atoms with Gasteiger partial charge in [0, 0.05) is 17.8 Å². The summed E-state index contributed by atoms with van der Waals surface area (Å²) >= 11 is 6.16. The molecular weight excluding hydrogens is 334 g/mol. The van der Waals surface area contributed by atoms with Gasteiger partial charge in [0.05, 0.1) is 18.3 Å². The summed E-state index contributed by atoms with van der Waals surface area (Å²) < 4.78 is 1.72.